The molecule has 32 heavy (non-hydrogen) atoms. The molecule has 0 aliphatic carbocycles. The van der Waals surface area contributed by atoms with E-state index >= 15 is 0 Å². The summed E-state index contributed by atoms with van der Waals surface area (Å²) in [6, 6.07) is 19.4. The Morgan fingerprint density at radius 2 is 1.47 bits per heavy atom. The lowest BCUT2D eigenvalue weighted by molar-refractivity contribution is 0.298. The Morgan fingerprint density at radius 1 is 0.750 bits per heavy atom. The van der Waals surface area contributed by atoms with Gasteiger partial charge in [0.25, 0.3) is 0 Å². The van der Waals surface area contributed by atoms with Gasteiger partial charge in [-0.1, -0.05) is 18.2 Å². The van der Waals surface area contributed by atoms with E-state index in [4.69, 9.17) is 28.7 Å². The molecule has 0 bridgehead atoms. The van der Waals surface area contributed by atoms with E-state index < -0.39 is 0 Å². The molecule has 4 aromatic rings. The first kappa shape index (κ1) is 21.4. The Kier molecular flexibility index (Phi) is 6.35. The highest BCUT2D eigenvalue weighted by Gasteiger charge is 2.19. The van der Waals surface area contributed by atoms with E-state index in [1.165, 1.54) is 0 Å². The maximum atomic E-state index is 5.99. The summed E-state index contributed by atoms with van der Waals surface area (Å²) in [7, 11) is 6.43. The summed E-state index contributed by atoms with van der Waals surface area (Å²) < 4.78 is 29.9. The van der Waals surface area contributed by atoms with E-state index in [2.05, 4.69) is 10.6 Å². The summed E-state index contributed by atoms with van der Waals surface area (Å²) in [6.45, 7) is 1.06. The quantitative estimate of drug-likeness (QED) is 0.376. The van der Waals surface area contributed by atoms with E-state index in [0.717, 1.165) is 33.9 Å². The highest BCUT2D eigenvalue weighted by Crippen LogP contribution is 2.41. The van der Waals surface area contributed by atoms with Crippen molar-refractivity contribution in [3.8, 4) is 40.1 Å². The molecule has 4 rings (SSSR count). The van der Waals surface area contributed by atoms with E-state index in [-0.39, 0.29) is 0 Å². The Balaban J connectivity index is 1.71. The van der Waals surface area contributed by atoms with Gasteiger partial charge in [0, 0.05) is 11.6 Å². The number of fused-ring (bicyclic) bond motifs is 1. The van der Waals surface area contributed by atoms with Crippen LogP contribution in [0.2, 0.25) is 0 Å². The van der Waals surface area contributed by atoms with Crippen molar-refractivity contribution in [1.82, 2.24) is 9.55 Å². The van der Waals surface area contributed by atoms with Crippen LogP contribution >= 0.6 is 0 Å². The molecule has 0 aliphatic heterocycles. The topological polar surface area (TPSA) is 64.0 Å². The number of methoxy groups -OCH3 is 4. The van der Waals surface area contributed by atoms with Gasteiger partial charge < -0.3 is 28.3 Å². The monoisotopic (exact) mass is 434 g/mol. The first-order valence-corrected chi connectivity index (χ1v) is 10.2. The molecule has 7 nitrogen and oxygen atoms in total. The Hall–Kier alpha value is -3.87. The molecule has 0 saturated carbocycles. The third kappa shape index (κ3) is 4.14. The molecule has 166 valence electrons. The van der Waals surface area contributed by atoms with Gasteiger partial charge in [-0.2, -0.15) is 0 Å². The highest BCUT2D eigenvalue weighted by atomic mass is 16.5. The molecule has 0 radical (unpaired) electrons. The third-order valence-electron chi connectivity index (χ3n) is 5.20. The lowest BCUT2D eigenvalue weighted by Crippen LogP contribution is -2.10. The summed E-state index contributed by atoms with van der Waals surface area (Å²) in [4.78, 5) is 4.88. The largest absolute Gasteiger partial charge is 0.497 e. The van der Waals surface area contributed by atoms with Gasteiger partial charge in [-0.25, -0.2) is 4.98 Å². The normalized spacial score (nSPS) is 10.8. The van der Waals surface area contributed by atoms with Crippen LogP contribution in [0.5, 0.6) is 28.7 Å². The van der Waals surface area contributed by atoms with Crippen molar-refractivity contribution in [1.29, 1.82) is 0 Å². The average molecular weight is 434 g/mol. The number of benzene rings is 3. The van der Waals surface area contributed by atoms with Gasteiger partial charge in [0.1, 0.15) is 23.9 Å². The van der Waals surface area contributed by atoms with Crippen LogP contribution in [0.3, 0.4) is 0 Å². The SMILES string of the molecule is COc1cccc(OCCn2c(-c3cc(OC)c(OC)c(OC)c3)nc3ccccc32)c1. The Morgan fingerprint density at radius 3 is 2.16 bits per heavy atom. The molecule has 0 spiro atoms. The van der Waals surface area contributed by atoms with Gasteiger partial charge in [0.05, 0.1) is 46.0 Å². The van der Waals surface area contributed by atoms with Crippen LogP contribution < -0.4 is 23.7 Å². The van der Waals surface area contributed by atoms with Crippen LogP contribution in [0.25, 0.3) is 22.4 Å². The second kappa shape index (κ2) is 9.51. The van der Waals surface area contributed by atoms with Crippen LogP contribution in [0, 0.1) is 0 Å². The number of ether oxygens (including phenoxy) is 5. The molecule has 0 atom stereocenters. The highest BCUT2D eigenvalue weighted by molar-refractivity contribution is 5.81. The van der Waals surface area contributed by atoms with Crippen LogP contribution in [0.15, 0.2) is 60.7 Å². The third-order valence-corrected chi connectivity index (χ3v) is 5.20. The molecule has 0 unspecified atom stereocenters. The minimum atomic E-state index is 0.463. The maximum absolute atomic E-state index is 5.99. The van der Waals surface area contributed by atoms with Crippen molar-refractivity contribution in [3.63, 3.8) is 0 Å². The lowest BCUT2D eigenvalue weighted by Gasteiger charge is -2.15. The fourth-order valence-corrected chi connectivity index (χ4v) is 3.68. The van der Waals surface area contributed by atoms with Crippen molar-refractivity contribution >= 4 is 11.0 Å². The zero-order valence-corrected chi connectivity index (χ0v) is 18.6. The van der Waals surface area contributed by atoms with Crippen LogP contribution in [-0.4, -0.2) is 44.6 Å². The van der Waals surface area contributed by atoms with E-state index in [9.17, 15) is 0 Å². The molecule has 0 fully saturated rings. The average Bonchev–Trinajstić information content (AvgIpc) is 3.21. The minimum absolute atomic E-state index is 0.463. The molecule has 7 heteroatoms. The summed E-state index contributed by atoms with van der Waals surface area (Å²) in [5.74, 6) is 4.00. The minimum Gasteiger partial charge on any atom is -0.497 e. The fraction of sp³-hybridized carbons (Fsp3) is 0.240. The van der Waals surface area contributed by atoms with Crippen LogP contribution in [-0.2, 0) is 6.54 Å². The van der Waals surface area contributed by atoms with E-state index in [1.807, 2.05) is 54.6 Å². The van der Waals surface area contributed by atoms with Crippen LogP contribution in [0.1, 0.15) is 0 Å². The molecular weight excluding hydrogens is 408 g/mol. The Labute approximate surface area is 187 Å². The van der Waals surface area contributed by atoms with Crippen molar-refractivity contribution < 1.29 is 23.7 Å². The van der Waals surface area contributed by atoms with Gasteiger partial charge in [-0.3, -0.25) is 0 Å². The van der Waals surface area contributed by atoms with Gasteiger partial charge in [0.15, 0.2) is 11.5 Å². The molecule has 1 aromatic heterocycles. The predicted molar refractivity (Wildman–Crippen MR) is 123 cm³/mol. The number of rotatable bonds is 9. The van der Waals surface area contributed by atoms with Crippen molar-refractivity contribution in [2.45, 2.75) is 6.54 Å². The summed E-state index contributed by atoms with van der Waals surface area (Å²) in [5, 5.41) is 0. The molecule has 0 aliphatic rings. The van der Waals surface area contributed by atoms with E-state index in [0.29, 0.717) is 30.4 Å². The van der Waals surface area contributed by atoms with Crippen LogP contribution in [0.4, 0.5) is 0 Å². The zero-order chi connectivity index (χ0) is 22.5. The first-order valence-electron chi connectivity index (χ1n) is 10.2. The molecular formula is C25H26N2O5. The Bertz CT molecular complexity index is 1190. The first-order chi connectivity index (χ1) is 15.7. The van der Waals surface area contributed by atoms with Crippen molar-refractivity contribution in [3.05, 3.63) is 60.7 Å². The smallest absolute Gasteiger partial charge is 0.203 e. The van der Waals surface area contributed by atoms with Gasteiger partial charge in [-0.15, -0.1) is 0 Å². The summed E-state index contributed by atoms with van der Waals surface area (Å²) in [5.41, 5.74) is 2.78. The second-order valence-electron chi connectivity index (χ2n) is 7.02. The fourth-order valence-electron chi connectivity index (χ4n) is 3.68. The van der Waals surface area contributed by atoms with Gasteiger partial charge >= 0.3 is 0 Å². The number of para-hydroxylation sites is 2. The maximum Gasteiger partial charge on any atom is 0.203 e. The number of hydrogen-bond donors (Lipinski definition) is 0. The van der Waals surface area contributed by atoms with Gasteiger partial charge in [0.2, 0.25) is 5.75 Å². The number of nitrogens with zero attached hydrogens (tertiary/aromatic N) is 2. The predicted octanol–water partition coefficient (Wildman–Crippen LogP) is 4.82. The van der Waals surface area contributed by atoms with Crippen molar-refractivity contribution in [2.75, 3.05) is 35.0 Å². The van der Waals surface area contributed by atoms with Crippen molar-refractivity contribution in [2.24, 2.45) is 0 Å². The number of hydrogen-bond acceptors (Lipinski definition) is 6. The zero-order valence-electron chi connectivity index (χ0n) is 18.6. The number of imidazole rings is 1. The second-order valence-corrected chi connectivity index (χ2v) is 7.02. The van der Waals surface area contributed by atoms with Gasteiger partial charge in [-0.05, 0) is 36.4 Å². The molecule has 0 saturated heterocycles. The summed E-state index contributed by atoms with van der Waals surface area (Å²) in [6.07, 6.45) is 0. The molecule has 1 heterocycles. The summed E-state index contributed by atoms with van der Waals surface area (Å²) >= 11 is 0. The molecule has 0 amide bonds. The molecule has 0 N–H and O–H groups in total. The molecule has 3 aromatic carbocycles. The lowest BCUT2D eigenvalue weighted by atomic mass is 10.1. The number of aromatic nitrogens is 2. The standard InChI is InChI=1S/C25H26N2O5/c1-28-18-8-7-9-19(16-18)32-13-12-27-21-11-6-5-10-20(21)26-25(27)17-14-22(29-2)24(31-4)23(15-17)30-3/h5-11,14-16H,12-13H2,1-4H3. The van der Waals surface area contributed by atoms with E-state index in [1.54, 1.807) is 28.4 Å².